The van der Waals surface area contributed by atoms with Crippen LogP contribution >= 0.6 is 23.2 Å². The Morgan fingerprint density at radius 3 is 1.30 bits per heavy atom. The Bertz CT molecular complexity index is 566. The molecule has 0 amide bonds. The fourth-order valence-corrected chi connectivity index (χ4v) is 2.88. The predicted molar refractivity (Wildman–Crippen MR) is 82.0 cm³/mol. The Kier molecular flexibility index (Phi) is 4.12. The molecule has 0 heterocycles. The van der Waals surface area contributed by atoms with E-state index in [4.69, 9.17) is 23.2 Å². The molecule has 2 N–H and O–H groups in total. The van der Waals surface area contributed by atoms with Crippen LogP contribution in [0.5, 0.6) is 0 Å². The van der Waals surface area contributed by atoms with Gasteiger partial charge in [-0.25, -0.2) is 0 Å². The second-order valence-corrected chi connectivity index (χ2v) is 5.92. The van der Waals surface area contributed by atoms with E-state index < -0.39 is 11.2 Å². The largest absolute Gasteiger partial charge is 0.382 e. The highest BCUT2D eigenvalue weighted by atomic mass is 35.5. The first kappa shape index (κ1) is 15.3. The van der Waals surface area contributed by atoms with E-state index in [2.05, 4.69) is 0 Å². The average molecular weight is 311 g/mol. The molecule has 0 spiro atoms. The molecule has 0 aliphatic rings. The highest BCUT2D eigenvalue weighted by Gasteiger charge is 2.46. The zero-order chi connectivity index (χ0) is 15.0. The van der Waals surface area contributed by atoms with Crippen LogP contribution in [0.25, 0.3) is 0 Å². The van der Waals surface area contributed by atoms with Crippen molar-refractivity contribution in [2.24, 2.45) is 0 Å². The molecule has 2 aromatic rings. The maximum atomic E-state index is 10.9. The van der Waals surface area contributed by atoms with E-state index in [1.165, 1.54) is 13.8 Å². The van der Waals surface area contributed by atoms with Crippen molar-refractivity contribution in [1.29, 1.82) is 0 Å². The minimum atomic E-state index is -1.59. The lowest BCUT2D eigenvalue weighted by Gasteiger charge is -2.40. The summed E-state index contributed by atoms with van der Waals surface area (Å²) in [6, 6.07) is 13.8. The molecule has 0 aliphatic heterocycles. The summed E-state index contributed by atoms with van der Waals surface area (Å²) >= 11 is 12.3. The van der Waals surface area contributed by atoms with Gasteiger partial charge in [0, 0.05) is 21.2 Å². The Morgan fingerprint density at radius 1 is 0.700 bits per heavy atom. The van der Waals surface area contributed by atoms with Crippen molar-refractivity contribution in [3.8, 4) is 0 Å². The third kappa shape index (κ3) is 2.45. The monoisotopic (exact) mass is 310 g/mol. The molecule has 4 heteroatoms. The summed E-state index contributed by atoms with van der Waals surface area (Å²) in [6.07, 6.45) is 0. The van der Waals surface area contributed by atoms with Gasteiger partial charge in [-0.05, 0) is 26.0 Å². The molecule has 0 aromatic heterocycles. The second-order valence-electron chi connectivity index (χ2n) is 5.10. The van der Waals surface area contributed by atoms with Crippen molar-refractivity contribution < 1.29 is 10.2 Å². The number of aliphatic hydroxyl groups is 2. The van der Waals surface area contributed by atoms with Gasteiger partial charge in [0.05, 0.1) is 0 Å². The van der Waals surface area contributed by atoms with E-state index in [0.717, 1.165) is 0 Å². The van der Waals surface area contributed by atoms with Crippen molar-refractivity contribution >= 4 is 23.2 Å². The predicted octanol–water partition coefficient (Wildman–Crippen LogP) is 4.11. The first-order valence-corrected chi connectivity index (χ1v) is 6.99. The highest BCUT2D eigenvalue weighted by molar-refractivity contribution is 6.32. The maximum absolute atomic E-state index is 10.9. The molecule has 0 fully saturated rings. The molecule has 0 aliphatic carbocycles. The third-order valence-electron chi connectivity index (χ3n) is 3.74. The van der Waals surface area contributed by atoms with E-state index >= 15 is 0 Å². The van der Waals surface area contributed by atoms with Crippen LogP contribution < -0.4 is 0 Å². The summed E-state index contributed by atoms with van der Waals surface area (Å²) in [6.45, 7) is 3.05. The fourth-order valence-electron chi connectivity index (χ4n) is 2.24. The molecule has 0 radical (unpaired) electrons. The molecule has 2 atom stereocenters. The second kappa shape index (κ2) is 5.38. The number of benzene rings is 2. The quantitative estimate of drug-likeness (QED) is 0.895. The van der Waals surface area contributed by atoms with Crippen LogP contribution in [0.1, 0.15) is 25.0 Å². The zero-order valence-corrected chi connectivity index (χ0v) is 12.8. The lowest BCUT2D eigenvalue weighted by Crippen LogP contribution is -2.45. The van der Waals surface area contributed by atoms with Crippen LogP contribution in [-0.2, 0) is 11.2 Å². The van der Waals surface area contributed by atoms with Crippen LogP contribution in [0, 0.1) is 0 Å². The summed E-state index contributed by atoms with van der Waals surface area (Å²) in [5.41, 5.74) is -2.27. The van der Waals surface area contributed by atoms with Crippen LogP contribution in [0.15, 0.2) is 48.5 Å². The summed E-state index contributed by atoms with van der Waals surface area (Å²) < 4.78 is 0. The van der Waals surface area contributed by atoms with E-state index in [-0.39, 0.29) is 0 Å². The molecular weight excluding hydrogens is 295 g/mol. The molecule has 2 aromatic carbocycles. The summed E-state index contributed by atoms with van der Waals surface area (Å²) in [4.78, 5) is 0. The van der Waals surface area contributed by atoms with E-state index in [1.807, 2.05) is 0 Å². The van der Waals surface area contributed by atoms with Gasteiger partial charge >= 0.3 is 0 Å². The van der Waals surface area contributed by atoms with Gasteiger partial charge in [0.2, 0.25) is 0 Å². The van der Waals surface area contributed by atoms with Gasteiger partial charge in [-0.15, -0.1) is 0 Å². The third-order valence-corrected chi connectivity index (χ3v) is 4.40. The van der Waals surface area contributed by atoms with Gasteiger partial charge in [0.25, 0.3) is 0 Å². The van der Waals surface area contributed by atoms with E-state index in [0.29, 0.717) is 21.2 Å². The minimum Gasteiger partial charge on any atom is -0.382 e. The van der Waals surface area contributed by atoms with Crippen LogP contribution in [0.4, 0.5) is 0 Å². The van der Waals surface area contributed by atoms with Crippen molar-refractivity contribution in [3.05, 3.63) is 69.7 Å². The lowest BCUT2D eigenvalue weighted by molar-refractivity contribution is -0.143. The molecule has 2 nitrogen and oxygen atoms in total. The average Bonchev–Trinajstić information content (AvgIpc) is 2.39. The minimum absolute atomic E-state index is 0.393. The van der Waals surface area contributed by atoms with Gasteiger partial charge in [-0.1, -0.05) is 59.6 Å². The maximum Gasteiger partial charge on any atom is 0.121 e. The lowest BCUT2D eigenvalue weighted by atomic mass is 9.76. The van der Waals surface area contributed by atoms with Crippen molar-refractivity contribution in [2.75, 3.05) is 0 Å². The SMILES string of the molecule is CC(O)(c1ccccc1Cl)C(C)(O)c1ccccc1Cl. The molecule has 20 heavy (non-hydrogen) atoms. The Balaban J connectivity index is 2.58. The molecule has 0 saturated carbocycles. The van der Waals surface area contributed by atoms with E-state index in [9.17, 15) is 10.2 Å². The van der Waals surface area contributed by atoms with Gasteiger partial charge in [0.1, 0.15) is 11.2 Å². The van der Waals surface area contributed by atoms with Crippen LogP contribution in [0.3, 0.4) is 0 Å². The summed E-state index contributed by atoms with van der Waals surface area (Å²) in [5, 5.41) is 22.5. The first-order valence-electron chi connectivity index (χ1n) is 6.23. The molecule has 2 unspecified atom stereocenters. The topological polar surface area (TPSA) is 40.5 Å². The fraction of sp³-hybridized carbons (Fsp3) is 0.250. The van der Waals surface area contributed by atoms with Gasteiger partial charge in [-0.3, -0.25) is 0 Å². The highest BCUT2D eigenvalue weighted by Crippen LogP contribution is 2.44. The normalized spacial score (nSPS) is 17.3. The van der Waals surface area contributed by atoms with Gasteiger partial charge in [-0.2, -0.15) is 0 Å². The first-order chi connectivity index (χ1) is 9.28. The zero-order valence-electron chi connectivity index (χ0n) is 11.3. The Morgan fingerprint density at radius 2 is 1.00 bits per heavy atom. The Hall–Kier alpha value is -1.06. The Labute approximate surface area is 128 Å². The van der Waals surface area contributed by atoms with E-state index in [1.54, 1.807) is 48.5 Å². The molecule has 0 saturated heterocycles. The number of rotatable bonds is 3. The van der Waals surface area contributed by atoms with Crippen molar-refractivity contribution in [3.63, 3.8) is 0 Å². The summed E-state index contributed by atoms with van der Waals surface area (Å²) in [5.74, 6) is 0. The number of halogens is 2. The van der Waals surface area contributed by atoms with Crippen LogP contribution in [-0.4, -0.2) is 10.2 Å². The van der Waals surface area contributed by atoms with Gasteiger partial charge < -0.3 is 10.2 Å². The summed E-state index contributed by atoms with van der Waals surface area (Å²) in [7, 11) is 0. The number of hydrogen-bond donors (Lipinski definition) is 2. The van der Waals surface area contributed by atoms with Gasteiger partial charge in [0.15, 0.2) is 0 Å². The smallest absolute Gasteiger partial charge is 0.121 e. The van der Waals surface area contributed by atoms with Crippen molar-refractivity contribution in [1.82, 2.24) is 0 Å². The number of hydrogen-bond acceptors (Lipinski definition) is 2. The molecule has 0 bridgehead atoms. The standard InChI is InChI=1S/C16H16Cl2O2/c1-15(19,11-7-3-5-9-13(11)17)16(2,20)12-8-4-6-10-14(12)18/h3-10,19-20H,1-2H3. The molecule has 2 rings (SSSR count). The molecular formula is C16H16Cl2O2. The molecule has 106 valence electrons. The van der Waals surface area contributed by atoms with Crippen LogP contribution in [0.2, 0.25) is 10.0 Å². The van der Waals surface area contributed by atoms with Crippen molar-refractivity contribution in [2.45, 2.75) is 25.0 Å².